The third-order valence-corrected chi connectivity index (χ3v) is 6.24. The molecule has 23 heavy (non-hydrogen) atoms. The predicted molar refractivity (Wildman–Crippen MR) is 100 cm³/mol. The van der Waals surface area contributed by atoms with Crippen LogP contribution in [0.2, 0.25) is 0 Å². The van der Waals surface area contributed by atoms with Crippen molar-refractivity contribution in [3.05, 3.63) is 47.6 Å². The fraction of sp³-hybridized carbons (Fsp3) is 0.636. The predicted octanol–water partition coefficient (Wildman–Crippen LogP) is 5.55. The van der Waals surface area contributed by atoms with Gasteiger partial charge in [-0.1, -0.05) is 67.9 Å². The number of allylic oxidation sites excluding steroid dienone is 7. The van der Waals surface area contributed by atoms with Gasteiger partial charge in [0, 0.05) is 5.92 Å². The maximum atomic E-state index is 8.95. The van der Waals surface area contributed by atoms with Crippen molar-refractivity contribution in [2.45, 2.75) is 47.5 Å². The van der Waals surface area contributed by atoms with Crippen molar-refractivity contribution in [1.29, 1.82) is 0 Å². The van der Waals surface area contributed by atoms with Crippen molar-refractivity contribution in [2.75, 3.05) is 6.61 Å². The molecule has 0 saturated heterocycles. The second-order valence-corrected chi connectivity index (χ2v) is 7.68. The van der Waals surface area contributed by atoms with Crippen molar-refractivity contribution in [3.8, 4) is 0 Å². The Labute approximate surface area is 142 Å². The summed E-state index contributed by atoms with van der Waals surface area (Å²) >= 11 is 0. The van der Waals surface area contributed by atoms with Gasteiger partial charge in [-0.25, -0.2) is 0 Å². The highest BCUT2D eigenvalue weighted by Crippen LogP contribution is 2.52. The Morgan fingerprint density at radius 2 is 1.91 bits per heavy atom. The van der Waals surface area contributed by atoms with Crippen LogP contribution in [0.4, 0.5) is 0 Å². The third kappa shape index (κ3) is 3.88. The minimum absolute atomic E-state index is 0.116. The van der Waals surface area contributed by atoms with Crippen LogP contribution in [0.15, 0.2) is 47.6 Å². The van der Waals surface area contributed by atoms with E-state index in [1.807, 2.05) is 12.2 Å². The van der Waals surface area contributed by atoms with Gasteiger partial charge in [0.05, 0.1) is 6.61 Å². The van der Waals surface area contributed by atoms with E-state index in [0.717, 1.165) is 23.7 Å². The average Bonchev–Trinajstić information content (AvgIpc) is 2.54. The molecule has 0 spiro atoms. The van der Waals surface area contributed by atoms with Crippen molar-refractivity contribution in [1.82, 2.24) is 0 Å². The summed E-state index contributed by atoms with van der Waals surface area (Å²) in [5.41, 5.74) is 3.03. The van der Waals surface area contributed by atoms with E-state index in [-0.39, 0.29) is 6.61 Å². The van der Waals surface area contributed by atoms with E-state index in [2.05, 4.69) is 58.9 Å². The van der Waals surface area contributed by atoms with Crippen LogP contribution in [0.25, 0.3) is 0 Å². The van der Waals surface area contributed by atoms with E-state index in [1.165, 1.54) is 18.4 Å². The molecule has 0 radical (unpaired) electrons. The zero-order valence-electron chi connectivity index (χ0n) is 15.5. The zero-order valence-corrected chi connectivity index (χ0v) is 15.5. The normalized spacial score (nSPS) is 38.9. The van der Waals surface area contributed by atoms with Crippen LogP contribution >= 0.6 is 0 Å². The van der Waals surface area contributed by atoms with Gasteiger partial charge in [0.15, 0.2) is 0 Å². The molecule has 128 valence electrons. The Bertz CT molecular complexity index is 508. The Hall–Kier alpha value is -1.08. The minimum atomic E-state index is 0.116. The molecule has 1 fully saturated rings. The Morgan fingerprint density at radius 1 is 1.22 bits per heavy atom. The molecule has 0 amide bonds. The van der Waals surface area contributed by atoms with Gasteiger partial charge in [0.25, 0.3) is 0 Å². The Balaban J connectivity index is 2.42. The van der Waals surface area contributed by atoms with Gasteiger partial charge in [-0.05, 0) is 56.8 Å². The van der Waals surface area contributed by atoms with E-state index in [1.54, 1.807) is 5.57 Å². The zero-order chi connectivity index (χ0) is 17.0. The van der Waals surface area contributed by atoms with Crippen molar-refractivity contribution < 1.29 is 5.11 Å². The molecular formula is C22H34O. The number of aliphatic hydroxyl groups is 1. The lowest BCUT2D eigenvalue weighted by atomic mass is 9.55. The molecule has 0 aromatic carbocycles. The van der Waals surface area contributed by atoms with Gasteiger partial charge in [-0.15, -0.1) is 0 Å². The van der Waals surface area contributed by atoms with Gasteiger partial charge in [0.2, 0.25) is 0 Å². The molecule has 1 heteroatoms. The summed E-state index contributed by atoms with van der Waals surface area (Å²) in [6, 6.07) is 0. The SMILES string of the molecule is C/C=C(/C)C1C(C)=C[C@@H]2[C@H]([C@@H]1/C=C/C=C/CO)[C@@H](C)CC[C@@H]2C. The summed E-state index contributed by atoms with van der Waals surface area (Å²) in [5, 5.41) is 8.95. The van der Waals surface area contributed by atoms with Crippen molar-refractivity contribution in [2.24, 2.45) is 35.5 Å². The molecule has 2 aliphatic carbocycles. The number of aliphatic hydroxyl groups excluding tert-OH is 1. The van der Waals surface area contributed by atoms with Crippen molar-refractivity contribution in [3.63, 3.8) is 0 Å². The number of fused-ring (bicyclic) bond motifs is 1. The van der Waals surface area contributed by atoms with Crippen LogP contribution in [0, 0.1) is 35.5 Å². The quantitative estimate of drug-likeness (QED) is 0.533. The molecule has 1 N–H and O–H groups in total. The molecule has 0 aliphatic heterocycles. The number of hydrogen-bond acceptors (Lipinski definition) is 1. The first-order valence-electron chi connectivity index (χ1n) is 9.26. The summed E-state index contributed by atoms with van der Waals surface area (Å²) < 4.78 is 0. The van der Waals surface area contributed by atoms with Gasteiger partial charge < -0.3 is 5.11 Å². The highest BCUT2D eigenvalue weighted by Gasteiger charge is 2.44. The first-order chi connectivity index (χ1) is 11.0. The molecule has 1 unspecified atom stereocenters. The molecule has 0 bridgehead atoms. The average molecular weight is 315 g/mol. The van der Waals surface area contributed by atoms with Crippen LogP contribution in [0.1, 0.15) is 47.5 Å². The van der Waals surface area contributed by atoms with Gasteiger partial charge in [-0.3, -0.25) is 0 Å². The molecule has 0 aromatic rings. The largest absolute Gasteiger partial charge is 0.392 e. The monoisotopic (exact) mass is 314 g/mol. The highest BCUT2D eigenvalue weighted by atomic mass is 16.2. The summed E-state index contributed by atoms with van der Waals surface area (Å²) in [5.74, 6) is 4.14. The molecule has 1 nitrogen and oxygen atoms in total. The maximum absolute atomic E-state index is 8.95. The number of hydrogen-bond donors (Lipinski definition) is 1. The topological polar surface area (TPSA) is 20.2 Å². The minimum Gasteiger partial charge on any atom is -0.392 e. The summed E-state index contributed by atoms with van der Waals surface area (Å²) in [7, 11) is 0. The first-order valence-corrected chi connectivity index (χ1v) is 9.26. The smallest absolute Gasteiger partial charge is 0.0615 e. The van der Waals surface area contributed by atoms with Gasteiger partial charge in [-0.2, -0.15) is 0 Å². The third-order valence-electron chi connectivity index (χ3n) is 6.24. The molecule has 0 heterocycles. The lowest BCUT2D eigenvalue weighted by Crippen LogP contribution is -2.42. The molecule has 2 rings (SSSR count). The Kier molecular flexibility index (Phi) is 6.47. The summed E-state index contributed by atoms with van der Waals surface area (Å²) in [6.45, 7) is 11.8. The highest BCUT2D eigenvalue weighted by molar-refractivity contribution is 5.29. The summed E-state index contributed by atoms with van der Waals surface area (Å²) in [4.78, 5) is 0. The van der Waals surface area contributed by atoms with E-state index in [4.69, 9.17) is 5.11 Å². The van der Waals surface area contributed by atoms with Crippen molar-refractivity contribution >= 4 is 0 Å². The van der Waals surface area contributed by atoms with E-state index in [0.29, 0.717) is 11.8 Å². The lowest BCUT2D eigenvalue weighted by Gasteiger charge is -2.49. The first kappa shape index (κ1) is 18.3. The van der Waals surface area contributed by atoms with E-state index in [9.17, 15) is 0 Å². The second-order valence-electron chi connectivity index (χ2n) is 7.68. The molecule has 2 aliphatic rings. The summed E-state index contributed by atoms with van der Waals surface area (Å²) in [6.07, 6.45) is 15.9. The second kappa shape index (κ2) is 8.15. The molecule has 0 aromatic heterocycles. The van der Waals surface area contributed by atoms with Crippen LogP contribution in [0.5, 0.6) is 0 Å². The maximum Gasteiger partial charge on any atom is 0.0615 e. The Morgan fingerprint density at radius 3 is 2.57 bits per heavy atom. The van der Waals surface area contributed by atoms with Crippen LogP contribution in [-0.4, -0.2) is 11.7 Å². The van der Waals surface area contributed by atoms with Gasteiger partial charge in [0.1, 0.15) is 0 Å². The lowest BCUT2D eigenvalue weighted by molar-refractivity contribution is 0.0804. The van der Waals surface area contributed by atoms with E-state index >= 15 is 0 Å². The molecule has 1 saturated carbocycles. The van der Waals surface area contributed by atoms with Crippen LogP contribution in [0.3, 0.4) is 0 Å². The number of rotatable bonds is 4. The fourth-order valence-corrected chi connectivity index (χ4v) is 4.93. The van der Waals surface area contributed by atoms with Gasteiger partial charge >= 0.3 is 0 Å². The standard InChI is InChI=1S/C22H34O/c1-6-15(2)21-18(5)14-20-16(3)11-12-17(4)22(20)19(21)10-8-7-9-13-23/h6-10,14,16-17,19-23H,11-13H2,1-5H3/b9-7+,10-8+,15-6-/t16-,17-,19+,20-,21?,22-/m0/s1. The molecular weight excluding hydrogens is 280 g/mol. The fourth-order valence-electron chi connectivity index (χ4n) is 4.93. The van der Waals surface area contributed by atoms with E-state index < -0.39 is 0 Å². The molecule has 6 atom stereocenters. The van der Waals surface area contributed by atoms with Crippen LogP contribution in [-0.2, 0) is 0 Å². The van der Waals surface area contributed by atoms with Crippen LogP contribution < -0.4 is 0 Å².